The Morgan fingerprint density at radius 3 is 2.35 bits per heavy atom. The number of carbonyl (C=O) groups excluding carboxylic acids is 1. The van der Waals surface area contributed by atoms with Crippen LogP contribution in [0.3, 0.4) is 0 Å². The van der Waals surface area contributed by atoms with Crippen molar-refractivity contribution in [3.05, 3.63) is 28.8 Å². The molecule has 0 spiro atoms. The Bertz CT molecular complexity index is 690. The van der Waals surface area contributed by atoms with Crippen LogP contribution in [-0.2, 0) is 10.0 Å². The van der Waals surface area contributed by atoms with Crippen LogP contribution in [0.1, 0.15) is 50.4 Å². The van der Waals surface area contributed by atoms with Gasteiger partial charge in [-0.05, 0) is 58.2 Å². The molecule has 7 heteroatoms. The second-order valence-corrected chi connectivity index (χ2v) is 8.91. The summed E-state index contributed by atoms with van der Waals surface area (Å²) in [6.07, 6.45) is 3.09. The molecule has 0 atom stereocenters. The van der Waals surface area contributed by atoms with Crippen LogP contribution in [0.4, 0.5) is 0 Å². The summed E-state index contributed by atoms with van der Waals surface area (Å²) >= 11 is 6.06. The van der Waals surface area contributed by atoms with Crippen molar-refractivity contribution >= 4 is 27.5 Å². The number of nitrogens with zero attached hydrogens (tertiary/aromatic N) is 1. The Hall–Kier alpha value is -1.11. The van der Waals surface area contributed by atoms with Gasteiger partial charge in [0, 0.05) is 24.2 Å². The number of amides is 1. The lowest BCUT2D eigenvalue weighted by Crippen LogP contribution is -2.40. The second kappa shape index (κ2) is 6.79. The molecule has 0 aromatic heterocycles. The van der Waals surface area contributed by atoms with Gasteiger partial charge in [0.05, 0.1) is 5.02 Å². The third kappa shape index (κ3) is 4.68. The van der Waals surface area contributed by atoms with Gasteiger partial charge in [-0.15, -0.1) is 0 Å². The van der Waals surface area contributed by atoms with E-state index in [-0.39, 0.29) is 15.8 Å². The van der Waals surface area contributed by atoms with Gasteiger partial charge in [-0.3, -0.25) is 4.79 Å². The molecule has 5 nitrogen and oxygen atoms in total. The molecule has 1 aromatic rings. The summed E-state index contributed by atoms with van der Waals surface area (Å²) in [7, 11) is -3.79. The van der Waals surface area contributed by atoms with E-state index in [1.165, 1.54) is 12.1 Å². The first-order chi connectivity index (χ1) is 10.6. The molecule has 1 aliphatic rings. The molecular weight excluding hydrogens is 336 g/mol. The number of hydrogen-bond acceptors (Lipinski definition) is 3. The zero-order valence-corrected chi connectivity index (χ0v) is 15.3. The number of halogens is 1. The zero-order valence-electron chi connectivity index (χ0n) is 13.7. The number of carbonyl (C=O) groups is 1. The van der Waals surface area contributed by atoms with Gasteiger partial charge in [0.1, 0.15) is 4.90 Å². The van der Waals surface area contributed by atoms with Crippen molar-refractivity contribution in [2.75, 3.05) is 13.1 Å². The molecule has 1 N–H and O–H groups in total. The summed E-state index contributed by atoms with van der Waals surface area (Å²) in [4.78, 5) is 14.2. The van der Waals surface area contributed by atoms with Gasteiger partial charge in [-0.2, -0.15) is 0 Å². The molecule has 0 unspecified atom stereocenters. The van der Waals surface area contributed by atoms with Crippen molar-refractivity contribution in [1.82, 2.24) is 9.62 Å². The van der Waals surface area contributed by atoms with Gasteiger partial charge in [-0.1, -0.05) is 11.6 Å². The number of sulfonamides is 1. The Morgan fingerprint density at radius 1 is 1.17 bits per heavy atom. The van der Waals surface area contributed by atoms with E-state index in [4.69, 9.17) is 11.6 Å². The molecule has 1 heterocycles. The van der Waals surface area contributed by atoms with Gasteiger partial charge >= 0.3 is 0 Å². The Kier molecular flexibility index (Phi) is 5.38. The molecule has 23 heavy (non-hydrogen) atoms. The quantitative estimate of drug-likeness (QED) is 0.903. The van der Waals surface area contributed by atoms with Gasteiger partial charge in [0.2, 0.25) is 10.0 Å². The molecule has 0 bridgehead atoms. The van der Waals surface area contributed by atoms with Gasteiger partial charge in [0.25, 0.3) is 5.91 Å². The molecule has 2 rings (SSSR count). The average Bonchev–Trinajstić information content (AvgIpc) is 2.45. The van der Waals surface area contributed by atoms with Crippen molar-refractivity contribution < 1.29 is 13.2 Å². The normalized spacial score (nSPS) is 16.4. The monoisotopic (exact) mass is 358 g/mol. The fourth-order valence-electron chi connectivity index (χ4n) is 2.58. The standard InChI is InChI=1S/C16H23ClN2O3S/c1-16(2,3)18-23(21,22)14-11-12(7-8-13(14)17)15(20)19-9-5-4-6-10-19/h7-8,11,18H,4-6,9-10H2,1-3H3. The van der Waals surface area contributed by atoms with Crippen LogP contribution < -0.4 is 4.72 Å². The fourth-order valence-corrected chi connectivity index (χ4v) is 4.53. The van der Waals surface area contributed by atoms with Crippen molar-refractivity contribution in [3.63, 3.8) is 0 Å². The van der Waals surface area contributed by atoms with Gasteiger partial charge in [-0.25, -0.2) is 13.1 Å². The first-order valence-corrected chi connectivity index (χ1v) is 9.59. The minimum absolute atomic E-state index is 0.0584. The van der Waals surface area contributed by atoms with Crippen LogP contribution in [-0.4, -0.2) is 37.9 Å². The molecule has 0 saturated carbocycles. The highest BCUT2D eigenvalue weighted by Gasteiger charge is 2.26. The average molecular weight is 359 g/mol. The number of hydrogen-bond donors (Lipinski definition) is 1. The van der Waals surface area contributed by atoms with Crippen molar-refractivity contribution in [3.8, 4) is 0 Å². The second-order valence-electron chi connectivity index (χ2n) is 6.85. The lowest BCUT2D eigenvalue weighted by molar-refractivity contribution is 0.0724. The van der Waals surface area contributed by atoms with E-state index in [0.29, 0.717) is 18.7 Å². The summed E-state index contributed by atoms with van der Waals surface area (Å²) in [6.45, 7) is 6.68. The van der Waals surface area contributed by atoms with E-state index in [9.17, 15) is 13.2 Å². The summed E-state index contributed by atoms with van der Waals surface area (Å²) in [5, 5.41) is 0.108. The highest BCUT2D eigenvalue weighted by molar-refractivity contribution is 7.89. The van der Waals surface area contributed by atoms with E-state index in [1.54, 1.807) is 31.7 Å². The van der Waals surface area contributed by atoms with Crippen LogP contribution >= 0.6 is 11.6 Å². The van der Waals surface area contributed by atoms with Crippen LogP contribution in [0.25, 0.3) is 0 Å². The Labute approximate surface area is 143 Å². The molecule has 1 amide bonds. The zero-order chi connectivity index (χ0) is 17.3. The third-order valence-electron chi connectivity index (χ3n) is 3.55. The SMILES string of the molecule is CC(C)(C)NS(=O)(=O)c1cc(C(=O)N2CCCCC2)ccc1Cl. The minimum atomic E-state index is -3.79. The van der Waals surface area contributed by atoms with Gasteiger partial charge < -0.3 is 4.90 Å². The van der Waals surface area contributed by atoms with E-state index in [1.807, 2.05) is 0 Å². The molecule has 1 saturated heterocycles. The maximum Gasteiger partial charge on any atom is 0.253 e. The van der Waals surface area contributed by atoms with Gasteiger partial charge in [0.15, 0.2) is 0 Å². The summed E-state index contributed by atoms with van der Waals surface area (Å²) < 4.78 is 27.6. The van der Waals surface area contributed by atoms with Crippen molar-refractivity contribution in [2.45, 2.75) is 50.5 Å². The molecule has 128 valence electrons. The number of piperidine rings is 1. The fraction of sp³-hybridized carbons (Fsp3) is 0.562. The van der Waals surface area contributed by atoms with Crippen molar-refractivity contribution in [2.24, 2.45) is 0 Å². The van der Waals surface area contributed by atoms with Crippen LogP contribution in [0.2, 0.25) is 5.02 Å². The third-order valence-corrected chi connectivity index (χ3v) is 5.79. The molecule has 1 aliphatic heterocycles. The predicted octanol–water partition coefficient (Wildman–Crippen LogP) is 3.04. The van der Waals surface area contributed by atoms with Crippen LogP contribution in [0.15, 0.2) is 23.1 Å². The van der Waals surface area contributed by atoms with Crippen molar-refractivity contribution in [1.29, 1.82) is 0 Å². The Balaban J connectivity index is 2.33. The molecule has 1 aromatic carbocycles. The number of rotatable bonds is 3. The molecule has 0 radical (unpaired) electrons. The summed E-state index contributed by atoms with van der Waals surface area (Å²) in [6, 6.07) is 4.42. The van der Waals surface area contributed by atoms with E-state index in [0.717, 1.165) is 19.3 Å². The molecule has 0 aliphatic carbocycles. The number of likely N-dealkylation sites (tertiary alicyclic amines) is 1. The lowest BCUT2D eigenvalue weighted by atomic mass is 10.1. The van der Waals surface area contributed by atoms with E-state index < -0.39 is 15.6 Å². The maximum atomic E-state index is 12.5. The first kappa shape index (κ1) is 18.2. The lowest BCUT2D eigenvalue weighted by Gasteiger charge is -2.27. The minimum Gasteiger partial charge on any atom is -0.339 e. The topological polar surface area (TPSA) is 66.5 Å². The molecule has 1 fully saturated rings. The van der Waals surface area contributed by atoms with E-state index in [2.05, 4.69) is 4.72 Å². The number of benzene rings is 1. The summed E-state index contributed by atoms with van der Waals surface area (Å²) in [5.74, 6) is -0.145. The summed E-state index contributed by atoms with van der Waals surface area (Å²) in [5.41, 5.74) is -0.278. The first-order valence-electron chi connectivity index (χ1n) is 7.73. The maximum absolute atomic E-state index is 12.5. The predicted molar refractivity (Wildman–Crippen MR) is 91.3 cm³/mol. The Morgan fingerprint density at radius 2 is 1.78 bits per heavy atom. The number of nitrogens with one attached hydrogen (secondary N) is 1. The van der Waals surface area contributed by atoms with Crippen LogP contribution in [0.5, 0.6) is 0 Å². The van der Waals surface area contributed by atoms with E-state index >= 15 is 0 Å². The smallest absolute Gasteiger partial charge is 0.253 e. The highest BCUT2D eigenvalue weighted by Crippen LogP contribution is 2.25. The van der Waals surface area contributed by atoms with Crippen LogP contribution in [0, 0.1) is 0 Å². The molecular formula is C16H23ClN2O3S. The largest absolute Gasteiger partial charge is 0.339 e. The highest BCUT2D eigenvalue weighted by atomic mass is 35.5.